The van der Waals surface area contributed by atoms with E-state index in [0.29, 0.717) is 16.7 Å². The van der Waals surface area contributed by atoms with E-state index in [9.17, 15) is 0 Å². The summed E-state index contributed by atoms with van der Waals surface area (Å²) in [5.74, 6) is 1.88. The number of pyridine rings is 1. The normalized spacial score (nSPS) is 10.8. The second kappa shape index (κ2) is 5.11. The molecule has 0 atom stereocenters. The van der Waals surface area contributed by atoms with Gasteiger partial charge in [-0.25, -0.2) is 4.98 Å². The molecule has 3 aromatic heterocycles. The highest BCUT2D eigenvalue weighted by Crippen LogP contribution is 2.30. The minimum atomic E-state index is 0.531. The Kier molecular flexibility index (Phi) is 3.31. The highest BCUT2D eigenvalue weighted by molar-refractivity contribution is 7.16. The number of aryl methyl sites for hydroxylation is 1. The van der Waals surface area contributed by atoms with Crippen molar-refractivity contribution in [2.75, 3.05) is 0 Å². The van der Waals surface area contributed by atoms with Gasteiger partial charge < -0.3 is 4.74 Å². The molecule has 0 saturated carbocycles. The summed E-state index contributed by atoms with van der Waals surface area (Å²) in [4.78, 5) is 13.8. The molecule has 3 aromatic rings. The maximum atomic E-state index is 5.89. The third kappa shape index (κ3) is 2.52. The molecule has 96 valence electrons. The Labute approximate surface area is 119 Å². The molecule has 3 heterocycles. The van der Waals surface area contributed by atoms with Gasteiger partial charge in [0, 0.05) is 18.7 Å². The van der Waals surface area contributed by atoms with E-state index < -0.39 is 0 Å². The molecule has 0 amide bonds. The third-order valence-electron chi connectivity index (χ3n) is 2.55. The molecule has 0 fully saturated rings. The van der Waals surface area contributed by atoms with Crippen LogP contribution in [0.25, 0.3) is 10.2 Å². The van der Waals surface area contributed by atoms with Crippen LogP contribution >= 0.6 is 22.9 Å². The van der Waals surface area contributed by atoms with Gasteiger partial charge in [0.25, 0.3) is 0 Å². The zero-order valence-corrected chi connectivity index (χ0v) is 11.7. The highest BCUT2D eigenvalue weighted by Gasteiger charge is 2.10. The van der Waals surface area contributed by atoms with Gasteiger partial charge in [0.2, 0.25) is 5.88 Å². The molecule has 0 spiro atoms. The van der Waals surface area contributed by atoms with E-state index in [4.69, 9.17) is 16.3 Å². The predicted molar refractivity (Wildman–Crippen MR) is 76.1 cm³/mol. The van der Waals surface area contributed by atoms with Crippen molar-refractivity contribution >= 4 is 33.2 Å². The zero-order chi connectivity index (χ0) is 13.2. The molecule has 6 heteroatoms. The lowest BCUT2D eigenvalue weighted by Gasteiger charge is -2.07. The number of nitrogens with zero attached hydrogens (tertiary/aromatic N) is 3. The van der Waals surface area contributed by atoms with Gasteiger partial charge >= 0.3 is 0 Å². The van der Waals surface area contributed by atoms with Gasteiger partial charge in [-0.15, -0.1) is 11.3 Å². The first kappa shape index (κ1) is 12.3. The standard InChI is InChI=1S/C13H10ClN3OS/c1-2-11-16-12(10-3-4-19-13(10)17-11)18-9-5-8(14)6-15-7-9/h3-7H,2H2,1H3. The van der Waals surface area contributed by atoms with Crippen molar-refractivity contribution in [3.05, 3.63) is 40.8 Å². The average Bonchev–Trinajstić information content (AvgIpc) is 2.87. The van der Waals surface area contributed by atoms with Crippen LogP contribution in [0.2, 0.25) is 5.02 Å². The Hall–Kier alpha value is -1.72. The van der Waals surface area contributed by atoms with E-state index >= 15 is 0 Å². The number of halogens is 1. The molecule has 0 unspecified atom stereocenters. The summed E-state index contributed by atoms with van der Waals surface area (Å²) in [6, 6.07) is 3.66. The van der Waals surface area contributed by atoms with Crippen molar-refractivity contribution in [3.63, 3.8) is 0 Å². The lowest BCUT2D eigenvalue weighted by molar-refractivity contribution is 0.464. The molecule has 0 N–H and O–H groups in total. The smallest absolute Gasteiger partial charge is 0.231 e. The SMILES string of the molecule is CCc1nc(Oc2cncc(Cl)c2)c2ccsc2n1. The van der Waals surface area contributed by atoms with Gasteiger partial charge in [0.05, 0.1) is 16.6 Å². The van der Waals surface area contributed by atoms with Gasteiger partial charge in [0.1, 0.15) is 16.4 Å². The van der Waals surface area contributed by atoms with Crippen LogP contribution < -0.4 is 4.74 Å². The Bertz CT molecular complexity index is 729. The van der Waals surface area contributed by atoms with Gasteiger partial charge in [-0.1, -0.05) is 18.5 Å². The average molecular weight is 292 g/mol. The van der Waals surface area contributed by atoms with Crippen LogP contribution in [0.4, 0.5) is 0 Å². The van der Waals surface area contributed by atoms with E-state index in [0.717, 1.165) is 22.5 Å². The molecule has 0 aromatic carbocycles. The molecule has 4 nitrogen and oxygen atoms in total. The molecule has 19 heavy (non-hydrogen) atoms. The topological polar surface area (TPSA) is 47.9 Å². The number of hydrogen-bond donors (Lipinski definition) is 0. The fourth-order valence-corrected chi connectivity index (χ4v) is 2.60. The number of aromatic nitrogens is 3. The van der Waals surface area contributed by atoms with Crippen molar-refractivity contribution in [2.24, 2.45) is 0 Å². The largest absolute Gasteiger partial charge is 0.437 e. The quantitative estimate of drug-likeness (QED) is 0.729. The number of hydrogen-bond acceptors (Lipinski definition) is 5. The van der Waals surface area contributed by atoms with E-state index in [1.165, 1.54) is 0 Å². The molecule has 0 radical (unpaired) electrons. The maximum Gasteiger partial charge on any atom is 0.231 e. The van der Waals surface area contributed by atoms with Crippen molar-refractivity contribution in [2.45, 2.75) is 13.3 Å². The van der Waals surface area contributed by atoms with Crippen molar-refractivity contribution < 1.29 is 4.74 Å². The van der Waals surface area contributed by atoms with Gasteiger partial charge in [-0.05, 0) is 11.4 Å². The number of rotatable bonds is 3. The Morgan fingerprint density at radius 2 is 2.21 bits per heavy atom. The van der Waals surface area contributed by atoms with Crippen LogP contribution in [0.3, 0.4) is 0 Å². The summed E-state index contributed by atoms with van der Waals surface area (Å²) < 4.78 is 5.78. The van der Waals surface area contributed by atoms with E-state index in [-0.39, 0.29) is 0 Å². The molecule has 0 aliphatic carbocycles. The monoisotopic (exact) mass is 291 g/mol. The van der Waals surface area contributed by atoms with Crippen LogP contribution in [-0.2, 0) is 6.42 Å². The molecular formula is C13H10ClN3OS. The molecule has 3 rings (SSSR count). The summed E-state index contributed by atoms with van der Waals surface area (Å²) in [5, 5.41) is 3.41. The first-order chi connectivity index (χ1) is 9.26. The fraction of sp³-hybridized carbons (Fsp3) is 0.154. The van der Waals surface area contributed by atoms with Crippen molar-refractivity contribution in [1.82, 2.24) is 15.0 Å². The van der Waals surface area contributed by atoms with Crippen molar-refractivity contribution in [3.8, 4) is 11.6 Å². The second-order valence-electron chi connectivity index (χ2n) is 3.88. The summed E-state index contributed by atoms with van der Waals surface area (Å²) in [6.07, 6.45) is 3.93. The van der Waals surface area contributed by atoms with E-state index in [2.05, 4.69) is 15.0 Å². The minimum absolute atomic E-state index is 0.531. The lowest BCUT2D eigenvalue weighted by atomic mass is 10.3. The summed E-state index contributed by atoms with van der Waals surface area (Å²) in [6.45, 7) is 2.01. The summed E-state index contributed by atoms with van der Waals surface area (Å²) in [5.41, 5.74) is 0. The maximum absolute atomic E-state index is 5.89. The van der Waals surface area contributed by atoms with Crippen LogP contribution in [0.15, 0.2) is 29.9 Å². The number of fused-ring (bicyclic) bond motifs is 1. The molecule has 0 saturated heterocycles. The number of ether oxygens (including phenoxy) is 1. The molecule has 0 aliphatic heterocycles. The van der Waals surface area contributed by atoms with Crippen LogP contribution in [-0.4, -0.2) is 15.0 Å². The van der Waals surface area contributed by atoms with E-state index in [1.54, 1.807) is 29.8 Å². The Balaban J connectivity index is 2.06. The zero-order valence-electron chi connectivity index (χ0n) is 10.1. The summed E-state index contributed by atoms with van der Waals surface area (Å²) >= 11 is 7.47. The lowest BCUT2D eigenvalue weighted by Crippen LogP contribution is -1.96. The van der Waals surface area contributed by atoms with E-state index in [1.807, 2.05) is 18.4 Å². The van der Waals surface area contributed by atoms with Crippen molar-refractivity contribution in [1.29, 1.82) is 0 Å². The van der Waals surface area contributed by atoms with Crippen LogP contribution in [0, 0.1) is 0 Å². The first-order valence-corrected chi connectivity index (χ1v) is 7.04. The van der Waals surface area contributed by atoms with Gasteiger partial charge in [-0.3, -0.25) is 4.98 Å². The molecule has 0 bridgehead atoms. The third-order valence-corrected chi connectivity index (χ3v) is 3.56. The highest BCUT2D eigenvalue weighted by atomic mass is 35.5. The second-order valence-corrected chi connectivity index (χ2v) is 5.21. The van der Waals surface area contributed by atoms with Crippen LogP contribution in [0.5, 0.6) is 11.6 Å². The van der Waals surface area contributed by atoms with Crippen LogP contribution in [0.1, 0.15) is 12.7 Å². The Morgan fingerprint density at radius 3 is 3.00 bits per heavy atom. The van der Waals surface area contributed by atoms with Gasteiger partial charge in [0.15, 0.2) is 0 Å². The Morgan fingerprint density at radius 1 is 1.32 bits per heavy atom. The molecular weight excluding hydrogens is 282 g/mol. The first-order valence-electron chi connectivity index (χ1n) is 5.79. The van der Waals surface area contributed by atoms with Gasteiger partial charge in [-0.2, -0.15) is 4.98 Å². The predicted octanol–water partition coefficient (Wildman–Crippen LogP) is 4.09. The summed E-state index contributed by atoms with van der Waals surface area (Å²) in [7, 11) is 0. The molecule has 0 aliphatic rings. The number of thiophene rings is 1. The minimum Gasteiger partial charge on any atom is -0.437 e. The fourth-order valence-electron chi connectivity index (χ4n) is 1.67.